The minimum Gasteiger partial charge on any atom is -0.490 e. The summed E-state index contributed by atoms with van der Waals surface area (Å²) in [4.78, 5) is 10.6. The number of hydrogen-bond donors (Lipinski definition) is 0. The second-order valence-electron chi connectivity index (χ2n) is 4.04. The van der Waals surface area contributed by atoms with Crippen LogP contribution in [0.5, 0.6) is 11.5 Å². The van der Waals surface area contributed by atoms with Gasteiger partial charge in [-0.1, -0.05) is 6.07 Å². The van der Waals surface area contributed by atoms with Crippen LogP contribution in [-0.2, 0) is 11.2 Å². The largest absolute Gasteiger partial charge is 0.490 e. The molecule has 0 aliphatic carbocycles. The van der Waals surface area contributed by atoms with Gasteiger partial charge >= 0.3 is 0 Å². The highest BCUT2D eigenvalue weighted by atomic mass is 35.5. The summed E-state index contributed by atoms with van der Waals surface area (Å²) in [5.41, 5.74) is 1.15. The summed E-state index contributed by atoms with van der Waals surface area (Å²) >= 11 is 5.30. The number of ether oxygens (including phenoxy) is 2. The second kappa shape index (κ2) is 5.92. The molecule has 0 amide bonds. The third-order valence-corrected chi connectivity index (χ3v) is 2.84. The van der Waals surface area contributed by atoms with Crippen LogP contribution in [0, 0.1) is 0 Å². The minimum atomic E-state index is -0.278. The Morgan fingerprint density at radius 3 is 2.76 bits per heavy atom. The SMILES string of the molecule is O=C(Cl)CCCc1ccc2c(c1)OCCCO2. The predicted molar refractivity (Wildman–Crippen MR) is 65.8 cm³/mol. The molecule has 1 aliphatic heterocycles. The van der Waals surface area contributed by atoms with E-state index in [0.29, 0.717) is 19.6 Å². The van der Waals surface area contributed by atoms with E-state index >= 15 is 0 Å². The molecule has 4 heteroatoms. The Balaban J connectivity index is 1.99. The van der Waals surface area contributed by atoms with Crippen LogP contribution in [0.3, 0.4) is 0 Å². The Morgan fingerprint density at radius 1 is 1.24 bits per heavy atom. The van der Waals surface area contributed by atoms with E-state index in [1.807, 2.05) is 18.2 Å². The summed E-state index contributed by atoms with van der Waals surface area (Å²) < 4.78 is 11.1. The smallest absolute Gasteiger partial charge is 0.221 e. The van der Waals surface area contributed by atoms with Gasteiger partial charge in [-0.2, -0.15) is 0 Å². The maximum atomic E-state index is 10.6. The van der Waals surface area contributed by atoms with Crippen LogP contribution in [0.15, 0.2) is 18.2 Å². The summed E-state index contributed by atoms with van der Waals surface area (Å²) in [6.07, 6.45) is 2.91. The van der Waals surface area contributed by atoms with Crippen molar-refractivity contribution >= 4 is 16.8 Å². The van der Waals surface area contributed by atoms with E-state index in [1.54, 1.807) is 0 Å². The molecule has 0 bridgehead atoms. The standard InChI is InChI=1S/C13H15ClO3/c14-13(15)4-1-3-10-5-6-11-12(9-10)17-8-2-7-16-11/h5-6,9H,1-4,7-8H2. The zero-order valence-corrected chi connectivity index (χ0v) is 10.3. The van der Waals surface area contributed by atoms with Crippen molar-refractivity contribution in [2.75, 3.05) is 13.2 Å². The zero-order valence-electron chi connectivity index (χ0n) is 9.58. The summed E-state index contributed by atoms with van der Waals surface area (Å²) in [5.74, 6) is 1.61. The van der Waals surface area contributed by atoms with Gasteiger partial charge in [0.2, 0.25) is 5.24 Å². The topological polar surface area (TPSA) is 35.5 Å². The number of fused-ring (bicyclic) bond motifs is 1. The van der Waals surface area contributed by atoms with Crippen molar-refractivity contribution in [3.63, 3.8) is 0 Å². The maximum Gasteiger partial charge on any atom is 0.221 e. The van der Waals surface area contributed by atoms with Gasteiger partial charge in [0.1, 0.15) is 0 Å². The first-order valence-electron chi connectivity index (χ1n) is 5.82. The Bertz CT molecular complexity index is 404. The molecule has 0 aromatic heterocycles. The number of carbonyl (C=O) groups excluding carboxylic acids is 1. The van der Waals surface area contributed by atoms with Crippen LogP contribution in [0.1, 0.15) is 24.8 Å². The normalized spacial score (nSPS) is 14.2. The lowest BCUT2D eigenvalue weighted by Crippen LogP contribution is -1.97. The maximum absolute atomic E-state index is 10.6. The van der Waals surface area contributed by atoms with Gasteiger partial charge in [-0.05, 0) is 42.1 Å². The lowest BCUT2D eigenvalue weighted by Gasteiger charge is -2.08. The van der Waals surface area contributed by atoms with E-state index in [4.69, 9.17) is 21.1 Å². The van der Waals surface area contributed by atoms with Gasteiger partial charge in [-0.3, -0.25) is 4.79 Å². The molecule has 0 fully saturated rings. The monoisotopic (exact) mass is 254 g/mol. The van der Waals surface area contributed by atoms with E-state index < -0.39 is 0 Å². The molecular formula is C13H15ClO3. The number of carbonyl (C=O) groups is 1. The molecule has 1 aromatic rings. The molecule has 0 atom stereocenters. The lowest BCUT2D eigenvalue weighted by atomic mass is 10.1. The first-order chi connectivity index (χ1) is 8.25. The molecule has 92 valence electrons. The summed E-state index contributed by atoms with van der Waals surface area (Å²) in [6.45, 7) is 1.39. The number of rotatable bonds is 4. The van der Waals surface area contributed by atoms with Crippen LogP contribution < -0.4 is 9.47 Å². The molecule has 0 spiro atoms. The summed E-state index contributed by atoms with van der Waals surface area (Å²) in [6, 6.07) is 5.92. The van der Waals surface area contributed by atoms with E-state index in [0.717, 1.165) is 36.3 Å². The first kappa shape index (κ1) is 12.2. The molecule has 2 rings (SSSR count). The van der Waals surface area contributed by atoms with E-state index in [-0.39, 0.29) is 5.24 Å². The zero-order chi connectivity index (χ0) is 12.1. The average Bonchev–Trinajstić information content (AvgIpc) is 2.53. The van der Waals surface area contributed by atoms with Gasteiger partial charge in [0.25, 0.3) is 0 Å². The van der Waals surface area contributed by atoms with Gasteiger partial charge in [-0.15, -0.1) is 0 Å². The fourth-order valence-electron chi connectivity index (χ4n) is 1.79. The summed E-state index contributed by atoms with van der Waals surface area (Å²) in [5, 5.41) is -0.278. The second-order valence-corrected chi connectivity index (χ2v) is 4.46. The average molecular weight is 255 g/mol. The molecule has 0 N–H and O–H groups in total. The van der Waals surface area contributed by atoms with Crippen LogP contribution in [0.25, 0.3) is 0 Å². The Labute approximate surface area is 106 Å². The molecule has 1 aromatic carbocycles. The van der Waals surface area contributed by atoms with Crippen molar-refractivity contribution in [3.05, 3.63) is 23.8 Å². The number of halogens is 1. The van der Waals surface area contributed by atoms with E-state index in [1.165, 1.54) is 0 Å². The van der Waals surface area contributed by atoms with Gasteiger partial charge in [0.15, 0.2) is 11.5 Å². The van der Waals surface area contributed by atoms with E-state index in [9.17, 15) is 4.79 Å². The molecule has 1 heterocycles. The van der Waals surface area contributed by atoms with Crippen LogP contribution >= 0.6 is 11.6 Å². The highest BCUT2D eigenvalue weighted by Gasteiger charge is 2.10. The van der Waals surface area contributed by atoms with Gasteiger partial charge in [0.05, 0.1) is 13.2 Å². The molecule has 17 heavy (non-hydrogen) atoms. The third-order valence-electron chi connectivity index (χ3n) is 2.65. The Morgan fingerprint density at radius 2 is 2.00 bits per heavy atom. The van der Waals surface area contributed by atoms with Crippen molar-refractivity contribution in [1.29, 1.82) is 0 Å². The number of aryl methyl sites for hydroxylation is 1. The molecule has 3 nitrogen and oxygen atoms in total. The van der Waals surface area contributed by atoms with Crippen LogP contribution in [0.4, 0.5) is 0 Å². The minimum absolute atomic E-state index is 0.278. The molecule has 0 saturated carbocycles. The van der Waals surface area contributed by atoms with Crippen LogP contribution in [-0.4, -0.2) is 18.5 Å². The fourth-order valence-corrected chi connectivity index (χ4v) is 1.93. The third kappa shape index (κ3) is 3.63. The molecule has 0 unspecified atom stereocenters. The van der Waals surface area contributed by atoms with E-state index in [2.05, 4.69) is 0 Å². The van der Waals surface area contributed by atoms with Gasteiger partial charge in [0, 0.05) is 12.8 Å². The van der Waals surface area contributed by atoms with Crippen molar-refractivity contribution < 1.29 is 14.3 Å². The highest BCUT2D eigenvalue weighted by molar-refractivity contribution is 6.63. The quantitative estimate of drug-likeness (QED) is 0.775. The van der Waals surface area contributed by atoms with Gasteiger partial charge < -0.3 is 9.47 Å². The summed E-state index contributed by atoms with van der Waals surface area (Å²) in [7, 11) is 0. The molecule has 0 radical (unpaired) electrons. The van der Waals surface area contributed by atoms with Gasteiger partial charge in [-0.25, -0.2) is 0 Å². The van der Waals surface area contributed by atoms with Crippen LogP contribution in [0.2, 0.25) is 0 Å². The molecular weight excluding hydrogens is 240 g/mol. The molecule has 1 aliphatic rings. The van der Waals surface area contributed by atoms with Crippen molar-refractivity contribution in [3.8, 4) is 11.5 Å². The number of benzene rings is 1. The lowest BCUT2D eigenvalue weighted by molar-refractivity contribution is -0.111. The van der Waals surface area contributed by atoms with Crippen molar-refractivity contribution in [2.24, 2.45) is 0 Å². The Hall–Kier alpha value is -1.22. The first-order valence-corrected chi connectivity index (χ1v) is 6.20. The predicted octanol–water partition coefficient (Wildman–Crippen LogP) is 2.94. The van der Waals surface area contributed by atoms with Crippen molar-refractivity contribution in [2.45, 2.75) is 25.7 Å². The Kier molecular flexibility index (Phi) is 4.26. The highest BCUT2D eigenvalue weighted by Crippen LogP contribution is 2.30. The number of hydrogen-bond acceptors (Lipinski definition) is 3. The fraction of sp³-hybridized carbons (Fsp3) is 0.462. The van der Waals surface area contributed by atoms with Crippen molar-refractivity contribution in [1.82, 2.24) is 0 Å². The molecule has 0 saturated heterocycles.